The van der Waals surface area contributed by atoms with Crippen molar-refractivity contribution in [3.8, 4) is 22.9 Å². The molecule has 32 heavy (non-hydrogen) atoms. The molecular formula is C25H21BrN4OS. The van der Waals surface area contributed by atoms with E-state index >= 15 is 0 Å². The van der Waals surface area contributed by atoms with E-state index in [2.05, 4.69) is 81.2 Å². The van der Waals surface area contributed by atoms with E-state index < -0.39 is 0 Å². The van der Waals surface area contributed by atoms with Crippen molar-refractivity contribution in [1.29, 1.82) is 0 Å². The number of hydrogen-bond donors (Lipinski definition) is 2. The van der Waals surface area contributed by atoms with Crippen molar-refractivity contribution in [2.24, 2.45) is 0 Å². The Morgan fingerprint density at radius 2 is 1.75 bits per heavy atom. The van der Waals surface area contributed by atoms with Crippen LogP contribution in [0.1, 0.15) is 16.7 Å². The van der Waals surface area contributed by atoms with Crippen LogP contribution in [0.15, 0.2) is 76.1 Å². The number of nitrogens with one attached hydrogen (secondary N) is 2. The quantitative estimate of drug-likeness (QED) is 0.264. The maximum atomic E-state index is 6.20. The van der Waals surface area contributed by atoms with Crippen molar-refractivity contribution in [1.82, 2.24) is 9.97 Å². The number of aromatic nitrogens is 2. The van der Waals surface area contributed by atoms with Crippen LogP contribution in [-0.4, -0.2) is 9.97 Å². The highest BCUT2D eigenvalue weighted by molar-refractivity contribution is 9.10. The van der Waals surface area contributed by atoms with Crippen molar-refractivity contribution in [3.05, 3.63) is 87.9 Å². The van der Waals surface area contributed by atoms with Gasteiger partial charge in [-0.15, -0.1) is 0 Å². The van der Waals surface area contributed by atoms with Gasteiger partial charge in [0.15, 0.2) is 0 Å². The molecule has 0 amide bonds. The number of ether oxygens (including phenoxy) is 1. The van der Waals surface area contributed by atoms with Crippen LogP contribution in [0.5, 0.6) is 11.6 Å². The Kier molecular flexibility index (Phi) is 5.76. The first kappa shape index (κ1) is 20.8. The molecular weight excluding hydrogens is 484 g/mol. The van der Waals surface area contributed by atoms with E-state index in [9.17, 15) is 0 Å². The molecule has 2 N–H and O–H groups in total. The number of aryl methyl sites for hydroxylation is 2. The molecule has 0 aliphatic carbocycles. The second-order valence-electron chi connectivity index (χ2n) is 7.62. The van der Waals surface area contributed by atoms with Gasteiger partial charge >= 0.3 is 0 Å². The Morgan fingerprint density at radius 3 is 2.59 bits per heavy atom. The molecule has 0 spiro atoms. The molecule has 3 aromatic carbocycles. The van der Waals surface area contributed by atoms with Crippen molar-refractivity contribution < 1.29 is 4.74 Å². The smallest absolute Gasteiger partial charge is 0.237 e. The summed E-state index contributed by atoms with van der Waals surface area (Å²) in [4.78, 5) is 10.5. The summed E-state index contributed by atoms with van der Waals surface area (Å²) in [6, 6.07) is 22.4. The van der Waals surface area contributed by atoms with Crippen LogP contribution < -0.4 is 14.8 Å². The van der Waals surface area contributed by atoms with E-state index in [4.69, 9.17) is 9.72 Å². The Labute approximate surface area is 199 Å². The number of benzene rings is 3. The zero-order chi connectivity index (χ0) is 22.1. The van der Waals surface area contributed by atoms with Gasteiger partial charge in [0.1, 0.15) is 5.75 Å². The number of rotatable bonds is 1. The van der Waals surface area contributed by atoms with E-state index in [0.29, 0.717) is 18.4 Å². The lowest BCUT2D eigenvalue weighted by Gasteiger charge is -2.15. The predicted octanol–water partition coefficient (Wildman–Crippen LogP) is 7.36. The fourth-order valence-electron chi connectivity index (χ4n) is 3.71. The van der Waals surface area contributed by atoms with Crippen LogP contribution in [0.2, 0.25) is 0 Å². The van der Waals surface area contributed by atoms with Gasteiger partial charge in [0.05, 0.1) is 5.69 Å². The molecule has 1 aliphatic heterocycles. The molecule has 0 saturated carbocycles. The number of halogens is 1. The third kappa shape index (κ3) is 4.45. The van der Waals surface area contributed by atoms with Crippen molar-refractivity contribution >= 4 is 39.5 Å². The van der Waals surface area contributed by atoms with Gasteiger partial charge < -0.3 is 10.1 Å². The monoisotopic (exact) mass is 504 g/mol. The van der Waals surface area contributed by atoms with Crippen LogP contribution in [0, 0.1) is 13.8 Å². The largest absolute Gasteiger partial charge is 0.439 e. The van der Waals surface area contributed by atoms with Crippen LogP contribution >= 0.6 is 27.9 Å². The fraction of sp³-hybridized carbons (Fsp3) is 0.120. The first-order valence-electron chi connectivity index (χ1n) is 10.2. The van der Waals surface area contributed by atoms with Crippen LogP contribution in [0.4, 0.5) is 11.6 Å². The van der Waals surface area contributed by atoms with Gasteiger partial charge in [-0.25, -0.2) is 4.98 Å². The third-order valence-electron chi connectivity index (χ3n) is 5.26. The zero-order valence-corrected chi connectivity index (χ0v) is 20.0. The summed E-state index contributed by atoms with van der Waals surface area (Å²) in [6.45, 7) is 4.86. The van der Waals surface area contributed by atoms with E-state index in [1.807, 2.05) is 30.3 Å². The molecule has 5 rings (SSSR count). The minimum atomic E-state index is 0.493. The summed E-state index contributed by atoms with van der Waals surface area (Å²) in [7, 11) is 0. The molecule has 1 aliphatic rings. The Hall–Kier alpha value is -3.03. The maximum Gasteiger partial charge on any atom is 0.237 e. The number of nitrogens with zero attached hydrogens (tertiary/aromatic N) is 2. The van der Waals surface area contributed by atoms with Gasteiger partial charge in [0.25, 0.3) is 0 Å². The van der Waals surface area contributed by atoms with E-state index in [0.717, 1.165) is 48.8 Å². The van der Waals surface area contributed by atoms with Gasteiger partial charge in [0, 0.05) is 33.2 Å². The topological polar surface area (TPSA) is 59.1 Å². The lowest BCUT2D eigenvalue weighted by atomic mass is 10.00. The van der Waals surface area contributed by atoms with Gasteiger partial charge in [-0.05, 0) is 78.9 Å². The molecule has 7 heteroatoms. The zero-order valence-electron chi connectivity index (χ0n) is 17.6. The first-order chi connectivity index (χ1) is 15.5. The van der Waals surface area contributed by atoms with Crippen LogP contribution in [0.25, 0.3) is 11.3 Å². The Morgan fingerprint density at radius 1 is 0.938 bits per heavy atom. The summed E-state index contributed by atoms with van der Waals surface area (Å²) >= 11 is 5.12. The number of anilines is 2. The van der Waals surface area contributed by atoms with Crippen molar-refractivity contribution in [3.63, 3.8) is 0 Å². The second kappa shape index (κ2) is 8.84. The normalized spacial score (nSPS) is 12.7. The highest BCUT2D eigenvalue weighted by atomic mass is 79.9. The standard InChI is InChI=1S/C25H21BrN4OS/c1-15-5-3-6-16(2)24(15)22-13-23-29-25(28-22)30-32-20-8-4-7-18(12-20)27-14-17-11-19(31-23)9-10-21(17)26/h3-13,27H,14H2,1-2H3,(H,28,29,30). The molecule has 160 valence electrons. The second-order valence-corrected chi connectivity index (χ2v) is 9.36. The van der Waals surface area contributed by atoms with E-state index in [1.54, 1.807) is 0 Å². The average molecular weight is 505 g/mol. The highest BCUT2D eigenvalue weighted by Gasteiger charge is 2.14. The molecule has 1 aromatic heterocycles. The summed E-state index contributed by atoms with van der Waals surface area (Å²) in [5.41, 5.74) is 6.38. The minimum Gasteiger partial charge on any atom is -0.439 e. The summed E-state index contributed by atoms with van der Waals surface area (Å²) in [5, 5.41) is 3.48. The van der Waals surface area contributed by atoms with E-state index in [1.165, 1.54) is 11.9 Å². The molecule has 0 unspecified atom stereocenters. The maximum absolute atomic E-state index is 6.20. The third-order valence-corrected chi connectivity index (χ3v) is 6.80. The molecule has 6 bridgehead atoms. The SMILES string of the molecule is Cc1cccc(C)c1-c1cc2nc(n1)NSc1cccc(c1)NCc1cc(ccc1Br)O2. The minimum absolute atomic E-state index is 0.493. The molecule has 0 radical (unpaired) electrons. The van der Waals surface area contributed by atoms with Crippen molar-refractivity contribution in [2.75, 3.05) is 10.0 Å². The molecule has 5 nitrogen and oxygen atoms in total. The first-order valence-corrected chi connectivity index (χ1v) is 11.8. The highest BCUT2D eigenvalue weighted by Crippen LogP contribution is 2.33. The molecule has 0 atom stereocenters. The summed E-state index contributed by atoms with van der Waals surface area (Å²) < 4.78 is 10.5. The molecule has 2 heterocycles. The predicted molar refractivity (Wildman–Crippen MR) is 134 cm³/mol. The van der Waals surface area contributed by atoms with E-state index in [-0.39, 0.29) is 0 Å². The number of fused-ring (bicyclic) bond motifs is 6. The average Bonchev–Trinajstić information content (AvgIpc) is 2.78. The van der Waals surface area contributed by atoms with Gasteiger partial charge in [-0.2, -0.15) is 4.98 Å². The summed E-state index contributed by atoms with van der Waals surface area (Å²) in [5.74, 6) is 1.71. The van der Waals surface area contributed by atoms with Gasteiger partial charge in [-0.1, -0.05) is 40.2 Å². The fourth-order valence-corrected chi connectivity index (χ4v) is 4.73. The van der Waals surface area contributed by atoms with Gasteiger partial charge in [0.2, 0.25) is 11.8 Å². The Bertz CT molecular complexity index is 1290. The van der Waals surface area contributed by atoms with Crippen LogP contribution in [0.3, 0.4) is 0 Å². The van der Waals surface area contributed by atoms with Crippen LogP contribution in [-0.2, 0) is 6.54 Å². The lowest BCUT2D eigenvalue weighted by molar-refractivity contribution is 0.462. The summed E-state index contributed by atoms with van der Waals surface area (Å²) in [6.07, 6.45) is 0. The molecule has 0 saturated heterocycles. The van der Waals surface area contributed by atoms with Crippen molar-refractivity contribution in [2.45, 2.75) is 25.3 Å². The molecule has 4 aromatic rings. The van der Waals surface area contributed by atoms with Gasteiger partial charge in [-0.3, -0.25) is 4.72 Å². The number of hydrogen-bond acceptors (Lipinski definition) is 6. The lowest BCUT2D eigenvalue weighted by Crippen LogP contribution is -2.03. The Balaban J connectivity index is 1.64. The molecule has 0 fully saturated rings.